The second-order valence-corrected chi connectivity index (χ2v) is 8.86. The molecule has 1 aromatic heterocycles. The first kappa shape index (κ1) is 22.6. The highest BCUT2D eigenvalue weighted by Gasteiger charge is 2.60. The second-order valence-electron chi connectivity index (χ2n) is 7.82. The van der Waals surface area contributed by atoms with Crippen LogP contribution in [-0.2, 0) is 4.74 Å². The van der Waals surface area contributed by atoms with Gasteiger partial charge in [0.1, 0.15) is 23.7 Å². The van der Waals surface area contributed by atoms with E-state index in [0.717, 1.165) is 6.08 Å². The molecule has 3 N–H and O–H groups in total. The molecule has 8 nitrogen and oxygen atoms in total. The van der Waals surface area contributed by atoms with E-state index in [1.54, 1.807) is 6.92 Å². The monoisotopic (exact) mass is 469 g/mol. The molecule has 4 rings (SSSR count). The van der Waals surface area contributed by atoms with Crippen LogP contribution in [0.1, 0.15) is 17.4 Å². The van der Waals surface area contributed by atoms with Crippen LogP contribution in [0, 0.1) is 17.8 Å². The van der Waals surface area contributed by atoms with Crippen molar-refractivity contribution < 1.29 is 27.4 Å². The maximum atomic E-state index is 15.2. The molecular formula is C20H22F3N5O3S. The van der Waals surface area contributed by atoms with Crippen LogP contribution in [0.15, 0.2) is 40.8 Å². The van der Waals surface area contributed by atoms with Gasteiger partial charge in [-0.3, -0.25) is 9.79 Å². The standard InChI is InChI=1S/C20H22F3N5O3S/c1-9-12(27-18(29)13-5-26-15(30-2)6-25-13)3-11(22)17(23)16(9)20-8-31-14(4-21)10(20)7-32-19(24)28-20/h3,5-6,9-10,14,16H,4,7-8H2,1-2H3,(H2,24,28)(H,27,29). The zero-order valence-corrected chi connectivity index (χ0v) is 18.2. The fraction of sp³-hybridized carbons (Fsp3) is 0.500. The van der Waals surface area contributed by atoms with E-state index in [1.165, 1.54) is 31.3 Å². The van der Waals surface area contributed by atoms with Crippen molar-refractivity contribution in [1.29, 1.82) is 0 Å². The van der Waals surface area contributed by atoms with Crippen LogP contribution in [0.5, 0.6) is 5.88 Å². The normalized spacial score (nSPS) is 32.2. The predicted molar refractivity (Wildman–Crippen MR) is 112 cm³/mol. The third-order valence-corrected chi connectivity index (χ3v) is 7.05. The third kappa shape index (κ3) is 3.75. The minimum atomic E-state index is -1.28. The summed E-state index contributed by atoms with van der Waals surface area (Å²) in [7, 11) is 1.41. The van der Waals surface area contributed by atoms with E-state index in [-0.39, 0.29) is 29.0 Å². The molecule has 0 saturated carbocycles. The number of ether oxygens (including phenoxy) is 2. The van der Waals surface area contributed by atoms with E-state index < -0.39 is 53.6 Å². The third-order valence-electron chi connectivity index (χ3n) is 6.14. The van der Waals surface area contributed by atoms with Gasteiger partial charge in [-0.25, -0.2) is 23.1 Å². The van der Waals surface area contributed by atoms with E-state index in [4.69, 9.17) is 15.2 Å². The highest BCUT2D eigenvalue weighted by Crippen LogP contribution is 2.53. The Balaban J connectivity index is 1.66. The molecular weight excluding hydrogens is 447 g/mol. The van der Waals surface area contributed by atoms with Gasteiger partial charge in [-0.15, -0.1) is 0 Å². The van der Waals surface area contributed by atoms with Crippen molar-refractivity contribution in [2.45, 2.75) is 18.6 Å². The maximum absolute atomic E-state index is 15.2. The predicted octanol–water partition coefficient (Wildman–Crippen LogP) is 2.30. The molecule has 1 aliphatic carbocycles. The van der Waals surface area contributed by atoms with Crippen molar-refractivity contribution in [3.05, 3.63) is 41.5 Å². The van der Waals surface area contributed by atoms with Gasteiger partial charge in [0.25, 0.3) is 5.91 Å². The van der Waals surface area contributed by atoms with Crippen LogP contribution in [0.3, 0.4) is 0 Å². The number of carbonyl (C=O) groups is 1. The van der Waals surface area contributed by atoms with Crippen LogP contribution in [0.2, 0.25) is 0 Å². The fourth-order valence-corrected chi connectivity index (χ4v) is 5.62. The molecule has 2 aliphatic heterocycles. The number of halogens is 3. The summed E-state index contributed by atoms with van der Waals surface area (Å²) < 4.78 is 54.0. The van der Waals surface area contributed by atoms with Gasteiger partial charge in [-0.2, -0.15) is 0 Å². The molecule has 0 spiro atoms. The summed E-state index contributed by atoms with van der Waals surface area (Å²) >= 11 is 1.23. The molecule has 1 fully saturated rings. The summed E-state index contributed by atoms with van der Waals surface area (Å²) in [6.07, 6.45) is 2.62. The number of allylic oxidation sites excluding steroid dienone is 3. The molecule has 1 amide bonds. The Hall–Kier alpha value is -2.60. The number of hydrogen-bond donors (Lipinski definition) is 2. The number of aliphatic imine (C=N–C) groups is 1. The van der Waals surface area contributed by atoms with Gasteiger partial charge in [0.15, 0.2) is 11.0 Å². The van der Waals surface area contributed by atoms with Gasteiger partial charge >= 0.3 is 0 Å². The van der Waals surface area contributed by atoms with Crippen molar-refractivity contribution in [1.82, 2.24) is 15.3 Å². The Bertz CT molecular complexity index is 1000. The molecule has 0 radical (unpaired) electrons. The molecule has 0 aromatic carbocycles. The first-order valence-corrected chi connectivity index (χ1v) is 10.9. The van der Waals surface area contributed by atoms with E-state index in [9.17, 15) is 13.6 Å². The number of aromatic nitrogens is 2. The summed E-state index contributed by atoms with van der Waals surface area (Å²) in [6.45, 7) is 0.770. The lowest BCUT2D eigenvalue weighted by atomic mass is 9.67. The smallest absolute Gasteiger partial charge is 0.275 e. The summed E-state index contributed by atoms with van der Waals surface area (Å²) in [5.41, 5.74) is 4.76. The molecule has 1 aromatic rings. The van der Waals surface area contributed by atoms with Gasteiger partial charge in [0, 0.05) is 29.2 Å². The van der Waals surface area contributed by atoms with E-state index in [1.807, 2.05) is 0 Å². The lowest BCUT2D eigenvalue weighted by Gasteiger charge is -2.44. The van der Waals surface area contributed by atoms with Gasteiger partial charge in [-0.05, 0) is 6.08 Å². The van der Waals surface area contributed by atoms with Crippen molar-refractivity contribution in [3.8, 4) is 5.88 Å². The van der Waals surface area contributed by atoms with Crippen LogP contribution in [0.25, 0.3) is 0 Å². The number of rotatable bonds is 5. The molecule has 5 atom stereocenters. The van der Waals surface area contributed by atoms with Crippen LogP contribution in [-0.4, -0.2) is 58.8 Å². The number of nitrogens with two attached hydrogens (primary N) is 1. The minimum absolute atomic E-state index is 0.0278. The van der Waals surface area contributed by atoms with Crippen molar-refractivity contribution in [2.24, 2.45) is 28.5 Å². The van der Waals surface area contributed by atoms with Gasteiger partial charge in [-0.1, -0.05) is 18.7 Å². The van der Waals surface area contributed by atoms with E-state index >= 15 is 4.39 Å². The Kier molecular flexibility index (Phi) is 6.17. The number of methoxy groups -OCH3 is 1. The Labute approximate surface area is 186 Å². The van der Waals surface area contributed by atoms with E-state index in [0.29, 0.717) is 5.75 Å². The zero-order valence-electron chi connectivity index (χ0n) is 17.3. The average Bonchev–Trinajstić information content (AvgIpc) is 3.15. The summed E-state index contributed by atoms with van der Waals surface area (Å²) in [6, 6.07) is 0. The highest BCUT2D eigenvalue weighted by atomic mass is 32.2. The first-order chi connectivity index (χ1) is 15.3. The number of nitrogens with zero attached hydrogens (tertiary/aromatic N) is 3. The molecule has 32 heavy (non-hydrogen) atoms. The van der Waals surface area contributed by atoms with E-state index in [2.05, 4.69) is 20.3 Å². The van der Waals surface area contributed by atoms with Crippen LogP contribution >= 0.6 is 11.8 Å². The number of thioether (sulfide) groups is 1. The van der Waals surface area contributed by atoms with Crippen LogP contribution < -0.4 is 15.8 Å². The molecule has 1 saturated heterocycles. The fourth-order valence-electron chi connectivity index (χ4n) is 4.53. The molecule has 0 bridgehead atoms. The molecule has 172 valence electrons. The topological polar surface area (TPSA) is 112 Å². The largest absolute Gasteiger partial charge is 0.480 e. The Morgan fingerprint density at radius 2 is 2.19 bits per heavy atom. The first-order valence-electron chi connectivity index (χ1n) is 9.90. The number of alkyl halides is 1. The SMILES string of the molecule is COc1cnc(C(=O)NC2=CC(F)=C(F)C(C34COC(CF)C3CSC(N)=N4)C2C)cn1. The number of amidine groups is 1. The van der Waals surface area contributed by atoms with Crippen LogP contribution in [0.4, 0.5) is 13.2 Å². The van der Waals surface area contributed by atoms with Crippen molar-refractivity contribution >= 4 is 22.8 Å². The van der Waals surface area contributed by atoms with Gasteiger partial charge in [0.2, 0.25) is 5.88 Å². The molecule has 3 aliphatic rings. The second kappa shape index (κ2) is 8.74. The number of fused-ring (bicyclic) bond motifs is 1. The number of amides is 1. The molecule has 12 heteroatoms. The lowest BCUT2D eigenvalue weighted by Crippen LogP contribution is -2.53. The number of hydrogen-bond acceptors (Lipinski definition) is 8. The Morgan fingerprint density at radius 3 is 2.84 bits per heavy atom. The maximum Gasteiger partial charge on any atom is 0.275 e. The summed E-state index contributed by atoms with van der Waals surface area (Å²) in [5.74, 6) is -4.55. The Morgan fingerprint density at radius 1 is 1.41 bits per heavy atom. The van der Waals surface area contributed by atoms with Gasteiger partial charge in [0.05, 0.1) is 32.2 Å². The quantitative estimate of drug-likeness (QED) is 0.681. The molecule has 5 unspecified atom stereocenters. The van der Waals surface area contributed by atoms with Crippen molar-refractivity contribution in [3.63, 3.8) is 0 Å². The van der Waals surface area contributed by atoms with Gasteiger partial charge < -0.3 is 20.5 Å². The average molecular weight is 469 g/mol. The number of nitrogens with one attached hydrogen (secondary N) is 1. The summed E-state index contributed by atoms with van der Waals surface area (Å²) in [5, 5.41) is 2.80. The highest BCUT2D eigenvalue weighted by molar-refractivity contribution is 8.13. The zero-order chi connectivity index (χ0) is 23.0. The molecule has 3 heterocycles. The summed E-state index contributed by atoms with van der Waals surface area (Å²) in [4.78, 5) is 25.0. The minimum Gasteiger partial charge on any atom is -0.480 e. The van der Waals surface area contributed by atoms with Crippen molar-refractivity contribution in [2.75, 3.05) is 26.1 Å². The lowest BCUT2D eigenvalue weighted by molar-refractivity contribution is 0.0706. The number of carbonyl (C=O) groups excluding carboxylic acids is 1.